The Morgan fingerprint density at radius 2 is 1.84 bits per heavy atom. The Bertz CT molecular complexity index is 1670. The highest BCUT2D eigenvalue weighted by atomic mass is 35.5. The molecule has 1 N–H and O–H groups in total. The minimum atomic E-state index is -0.428. The number of amides is 1. The number of likely N-dealkylation sites (tertiary alicyclic amines) is 1. The third-order valence-electron chi connectivity index (χ3n) is 7.40. The number of hydrogen-bond acceptors (Lipinski definition) is 8. The molecule has 226 valence electrons. The van der Waals surface area contributed by atoms with Crippen molar-refractivity contribution in [1.82, 2.24) is 24.3 Å². The second-order valence-electron chi connectivity index (χ2n) is 10.6. The lowest BCUT2D eigenvalue weighted by molar-refractivity contribution is -0.714. The topological polar surface area (TPSA) is 106 Å². The van der Waals surface area contributed by atoms with Crippen LogP contribution in [0, 0.1) is 0 Å². The first-order valence-corrected chi connectivity index (χ1v) is 14.7. The molecule has 43 heavy (non-hydrogen) atoms. The van der Waals surface area contributed by atoms with E-state index in [1.165, 1.54) is 18.8 Å². The van der Waals surface area contributed by atoms with Gasteiger partial charge in [0.2, 0.25) is 5.91 Å². The average molecular weight is 628 g/mol. The Morgan fingerprint density at radius 1 is 1.14 bits per heavy atom. The maximum Gasteiger partial charge on any atom is 0.448 e. The van der Waals surface area contributed by atoms with Crippen molar-refractivity contribution in [2.75, 3.05) is 53.3 Å². The zero-order valence-electron chi connectivity index (χ0n) is 24.5. The molecule has 1 fully saturated rings. The molecule has 0 saturated carbocycles. The van der Waals surface area contributed by atoms with Gasteiger partial charge in [0.25, 0.3) is 5.65 Å². The Balaban J connectivity index is 1.63. The van der Waals surface area contributed by atoms with Gasteiger partial charge in [0.15, 0.2) is 5.69 Å². The molecule has 11 nitrogen and oxygen atoms in total. The summed E-state index contributed by atoms with van der Waals surface area (Å²) in [6, 6.07) is 10.7. The van der Waals surface area contributed by atoms with Crippen LogP contribution in [0.1, 0.15) is 25.3 Å². The standard InChI is InChI=1S/C30H33Cl2N7O4/c1-36(2)13-8-11-24(40)37-14-12-21(18-37)39-28-19(16-33-29(35-28)34-20-9-6-5-7-10-20)17-38(30(39)41)27-25(31)22(42-3)15-23(43-4)26(27)32/h5-7,9-10,15-17,21H,8,11-14,18H2,1-4H3/p+1/t21-/m0/s1. The van der Waals surface area contributed by atoms with Crippen molar-refractivity contribution in [2.24, 2.45) is 0 Å². The second kappa shape index (κ2) is 13.2. The van der Waals surface area contributed by atoms with E-state index in [1.807, 2.05) is 49.3 Å². The monoisotopic (exact) mass is 626 g/mol. The minimum absolute atomic E-state index is 0.0650. The van der Waals surface area contributed by atoms with Gasteiger partial charge in [-0.2, -0.15) is 9.13 Å². The van der Waals surface area contributed by atoms with Crippen molar-refractivity contribution >= 4 is 51.8 Å². The molecule has 2 aromatic carbocycles. The molecule has 4 aromatic rings. The lowest BCUT2D eigenvalue weighted by Gasteiger charge is -2.18. The lowest BCUT2D eigenvalue weighted by Crippen LogP contribution is -2.58. The van der Waals surface area contributed by atoms with Crippen LogP contribution in [-0.4, -0.2) is 78.2 Å². The van der Waals surface area contributed by atoms with Gasteiger partial charge in [0, 0.05) is 37.3 Å². The highest BCUT2D eigenvalue weighted by Crippen LogP contribution is 2.42. The minimum Gasteiger partial charge on any atom is -0.495 e. The number of anilines is 2. The molecule has 0 bridgehead atoms. The van der Waals surface area contributed by atoms with Crippen LogP contribution in [0.2, 0.25) is 10.0 Å². The molecule has 1 atom stereocenters. The summed E-state index contributed by atoms with van der Waals surface area (Å²) < 4.78 is 13.9. The van der Waals surface area contributed by atoms with Crippen LogP contribution < -0.4 is 25.0 Å². The summed E-state index contributed by atoms with van der Waals surface area (Å²) in [5.74, 6) is 0.990. The fourth-order valence-electron chi connectivity index (χ4n) is 5.24. The normalized spacial score (nSPS) is 14.9. The average Bonchev–Trinajstić information content (AvgIpc) is 3.48. The lowest BCUT2D eigenvalue weighted by atomic mass is 10.2. The summed E-state index contributed by atoms with van der Waals surface area (Å²) in [6.07, 6.45) is 5.02. The van der Waals surface area contributed by atoms with Gasteiger partial charge < -0.3 is 24.6 Å². The third kappa shape index (κ3) is 6.39. The Morgan fingerprint density at radius 3 is 2.49 bits per heavy atom. The number of aromatic nitrogens is 4. The first-order chi connectivity index (χ1) is 20.7. The summed E-state index contributed by atoms with van der Waals surface area (Å²) in [7, 11) is 6.91. The van der Waals surface area contributed by atoms with E-state index in [0.29, 0.717) is 54.4 Å². The van der Waals surface area contributed by atoms with Crippen molar-refractivity contribution in [3.8, 4) is 17.2 Å². The number of methoxy groups -OCH3 is 2. The van der Waals surface area contributed by atoms with Crippen LogP contribution in [0.3, 0.4) is 0 Å². The van der Waals surface area contributed by atoms with Crippen LogP contribution in [0.4, 0.5) is 11.6 Å². The molecular weight excluding hydrogens is 593 g/mol. The Kier molecular flexibility index (Phi) is 9.34. The second-order valence-corrected chi connectivity index (χ2v) is 11.3. The fourth-order valence-corrected chi connectivity index (χ4v) is 5.92. The number of para-hydroxylation sites is 1. The smallest absolute Gasteiger partial charge is 0.448 e. The third-order valence-corrected chi connectivity index (χ3v) is 8.13. The van der Waals surface area contributed by atoms with Crippen molar-refractivity contribution < 1.29 is 18.8 Å². The predicted molar refractivity (Wildman–Crippen MR) is 166 cm³/mol. The van der Waals surface area contributed by atoms with Gasteiger partial charge in [-0.05, 0) is 39.2 Å². The number of ether oxygens (including phenoxy) is 2. The van der Waals surface area contributed by atoms with E-state index in [0.717, 1.165) is 18.7 Å². The summed E-state index contributed by atoms with van der Waals surface area (Å²) in [5, 5.41) is 4.07. The van der Waals surface area contributed by atoms with Crippen LogP contribution in [0.15, 0.2) is 53.6 Å². The van der Waals surface area contributed by atoms with E-state index in [1.54, 1.807) is 23.0 Å². The summed E-state index contributed by atoms with van der Waals surface area (Å²) in [6.45, 7) is 1.72. The molecule has 0 unspecified atom stereocenters. The van der Waals surface area contributed by atoms with Gasteiger partial charge in [0.05, 0.1) is 27.0 Å². The van der Waals surface area contributed by atoms with Crippen LogP contribution in [0.5, 0.6) is 11.5 Å². The molecule has 13 heteroatoms. The summed E-state index contributed by atoms with van der Waals surface area (Å²) >= 11 is 13.5. The van der Waals surface area contributed by atoms with Crippen LogP contribution in [0.25, 0.3) is 16.7 Å². The zero-order valence-corrected chi connectivity index (χ0v) is 26.0. The van der Waals surface area contributed by atoms with E-state index < -0.39 is 5.69 Å². The predicted octanol–water partition coefficient (Wildman–Crippen LogP) is 4.25. The first-order valence-electron chi connectivity index (χ1n) is 13.9. The molecular formula is C30H34Cl2N7O4+. The number of carbonyl (C=O) groups excluding carboxylic acids is 1. The van der Waals surface area contributed by atoms with Gasteiger partial charge >= 0.3 is 11.6 Å². The van der Waals surface area contributed by atoms with E-state index in [4.69, 9.17) is 37.7 Å². The van der Waals surface area contributed by atoms with Crippen LogP contribution >= 0.6 is 23.2 Å². The molecule has 1 saturated heterocycles. The van der Waals surface area contributed by atoms with Gasteiger partial charge in [-0.1, -0.05) is 46.4 Å². The number of benzene rings is 2. The first kappa shape index (κ1) is 30.5. The molecule has 1 aliphatic heterocycles. The van der Waals surface area contributed by atoms with Gasteiger partial charge in [-0.25, -0.2) is 9.78 Å². The van der Waals surface area contributed by atoms with Crippen molar-refractivity contribution in [3.05, 3.63) is 69.3 Å². The summed E-state index contributed by atoms with van der Waals surface area (Å²) in [4.78, 5) is 40.6. The van der Waals surface area contributed by atoms with E-state index in [-0.39, 0.29) is 27.7 Å². The molecule has 0 spiro atoms. The molecule has 0 radical (unpaired) electrons. The zero-order chi connectivity index (χ0) is 30.7. The highest BCUT2D eigenvalue weighted by molar-refractivity contribution is 6.39. The quantitative estimate of drug-likeness (QED) is 0.260. The molecule has 0 aliphatic carbocycles. The van der Waals surface area contributed by atoms with Crippen molar-refractivity contribution in [1.29, 1.82) is 0 Å². The van der Waals surface area contributed by atoms with E-state index in [9.17, 15) is 9.59 Å². The molecule has 1 amide bonds. The van der Waals surface area contributed by atoms with Crippen molar-refractivity contribution in [3.63, 3.8) is 0 Å². The SMILES string of the molecule is COc1cc(OC)c(Cl)c(-n2cc3cnc(Nc4ccccc4)nc3[n+]([C@H]3CCN(C(=O)CCCN(C)C)C3)c2=O)c1Cl. The van der Waals surface area contributed by atoms with Gasteiger partial charge in [0.1, 0.15) is 33.0 Å². The number of carbonyl (C=O) groups is 1. The van der Waals surface area contributed by atoms with Gasteiger partial charge in [-0.15, -0.1) is 0 Å². The number of hydrogen-bond donors (Lipinski definition) is 1. The van der Waals surface area contributed by atoms with Gasteiger partial charge in [-0.3, -0.25) is 4.79 Å². The largest absolute Gasteiger partial charge is 0.495 e. The highest BCUT2D eigenvalue weighted by Gasteiger charge is 2.35. The number of nitrogens with zero attached hydrogens (tertiary/aromatic N) is 6. The number of rotatable bonds is 10. The Hall–Kier alpha value is -3.93. The molecule has 5 rings (SSSR count). The van der Waals surface area contributed by atoms with E-state index >= 15 is 0 Å². The summed E-state index contributed by atoms with van der Waals surface area (Å²) in [5.41, 5.74) is 1.01. The maximum atomic E-state index is 14.4. The van der Waals surface area contributed by atoms with Crippen LogP contribution in [-0.2, 0) is 4.79 Å². The number of fused-ring (bicyclic) bond motifs is 1. The number of halogens is 2. The van der Waals surface area contributed by atoms with E-state index in [2.05, 4.69) is 15.2 Å². The molecule has 3 heterocycles. The fraction of sp³-hybridized carbons (Fsp3) is 0.367. The molecule has 2 aromatic heterocycles. The molecule has 1 aliphatic rings. The van der Waals surface area contributed by atoms with Crippen molar-refractivity contribution in [2.45, 2.75) is 25.3 Å². The maximum absolute atomic E-state index is 14.4. The number of nitrogens with one attached hydrogen (secondary N) is 1. The Labute approximate surface area is 259 Å².